The van der Waals surface area contributed by atoms with Crippen molar-refractivity contribution in [3.8, 4) is 11.5 Å². The van der Waals surface area contributed by atoms with Crippen molar-refractivity contribution < 1.29 is 28.1 Å². The van der Waals surface area contributed by atoms with Gasteiger partial charge >= 0.3 is 6.36 Å². The highest BCUT2D eigenvalue weighted by molar-refractivity contribution is 5.68. The Morgan fingerprint density at radius 2 is 1.34 bits per heavy atom. The smallest absolute Gasteiger partial charge is 0.507 e. The highest BCUT2D eigenvalue weighted by Crippen LogP contribution is 2.50. The fourth-order valence-corrected chi connectivity index (χ4v) is 4.83. The summed E-state index contributed by atoms with van der Waals surface area (Å²) in [5.41, 5.74) is 1.77. The van der Waals surface area contributed by atoms with Crippen molar-refractivity contribution in [1.29, 1.82) is 0 Å². The second-order valence-corrected chi connectivity index (χ2v) is 8.46. The van der Waals surface area contributed by atoms with E-state index in [-0.39, 0.29) is 18.2 Å². The molecule has 0 fully saturated rings. The van der Waals surface area contributed by atoms with E-state index in [4.69, 9.17) is 0 Å². The normalized spacial score (nSPS) is 17.5. The van der Waals surface area contributed by atoms with Crippen molar-refractivity contribution in [2.45, 2.75) is 18.0 Å². The Morgan fingerprint density at radius 3 is 1.91 bits per heavy atom. The molecule has 0 saturated carbocycles. The number of alkyl halides is 3. The topological polar surface area (TPSA) is 52.9 Å². The van der Waals surface area contributed by atoms with Gasteiger partial charge in [0.25, 0.3) is 0 Å². The minimum Gasteiger partial charge on any atom is -0.507 e. The first kappa shape index (κ1) is 22.8. The molecule has 4 aromatic rings. The molecule has 1 unspecified atom stereocenters. The van der Waals surface area contributed by atoms with Crippen LogP contribution in [0.3, 0.4) is 0 Å². The average Bonchev–Trinajstić information content (AvgIpc) is 3.13. The number of hydrogen-bond acceptors (Lipinski definition) is 4. The van der Waals surface area contributed by atoms with Gasteiger partial charge in [0.05, 0.1) is 12.6 Å². The van der Waals surface area contributed by atoms with E-state index < -0.39 is 23.5 Å². The van der Waals surface area contributed by atoms with Gasteiger partial charge in [-0.15, -0.1) is 13.2 Å². The van der Waals surface area contributed by atoms with Crippen LogP contribution in [0.1, 0.15) is 28.3 Å². The molecule has 35 heavy (non-hydrogen) atoms. The maximum absolute atomic E-state index is 12.6. The third-order valence-electron chi connectivity index (χ3n) is 6.25. The molecule has 1 aliphatic rings. The molecule has 0 aliphatic carbocycles. The summed E-state index contributed by atoms with van der Waals surface area (Å²) in [7, 11) is 0. The molecule has 0 bridgehead atoms. The number of rotatable bonds is 5. The van der Waals surface area contributed by atoms with Gasteiger partial charge in [-0.05, 0) is 29.3 Å². The van der Waals surface area contributed by atoms with Gasteiger partial charge < -0.3 is 19.8 Å². The molecule has 178 valence electrons. The molecule has 0 amide bonds. The third kappa shape index (κ3) is 4.31. The maximum atomic E-state index is 12.6. The number of benzene rings is 4. The van der Waals surface area contributed by atoms with E-state index in [1.54, 1.807) is 12.1 Å². The van der Waals surface area contributed by atoms with Crippen molar-refractivity contribution in [3.63, 3.8) is 0 Å². The van der Waals surface area contributed by atoms with E-state index in [1.165, 1.54) is 6.07 Å². The second kappa shape index (κ2) is 8.67. The lowest BCUT2D eigenvalue weighted by Crippen LogP contribution is -2.37. The van der Waals surface area contributed by atoms with Crippen LogP contribution in [0.4, 0.5) is 18.9 Å². The van der Waals surface area contributed by atoms with E-state index in [1.807, 2.05) is 72.8 Å². The predicted molar refractivity (Wildman–Crippen MR) is 126 cm³/mol. The summed E-state index contributed by atoms with van der Waals surface area (Å²) >= 11 is 0. The number of para-hydroxylation sites is 1. The van der Waals surface area contributed by atoms with Crippen LogP contribution in [0.2, 0.25) is 0 Å². The van der Waals surface area contributed by atoms with Crippen LogP contribution in [0.25, 0.3) is 0 Å². The van der Waals surface area contributed by atoms with Gasteiger partial charge in [-0.25, -0.2) is 0 Å². The number of nitrogens with zero attached hydrogens (tertiary/aromatic N) is 1. The van der Waals surface area contributed by atoms with Crippen LogP contribution in [-0.2, 0) is 5.60 Å². The number of β-amino-alcohol motifs (C(OH)–C–C–N with tert-alkyl or cyclic N) is 1. The van der Waals surface area contributed by atoms with Crippen molar-refractivity contribution in [1.82, 2.24) is 0 Å². The predicted octanol–water partition coefficient (Wildman–Crippen LogP) is 6.14. The van der Waals surface area contributed by atoms with Crippen molar-refractivity contribution in [2.75, 3.05) is 11.4 Å². The van der Waals surface area contributed by atoms with Gasteiger partial charge in [0.1, 0.15) is 17.1 Å². The number of halogens is 3. The Kier molecular flexibility index (Phi) is 5.65. The summed E-state index contributed by atoms with van der Waals surface area (Å²) in [5, 5.41) is 22.6. The maximum Gasteiger partial charge on any atom is 0.573 e. The van der Waals surface area contributed by atoms with Crippen molar-refractivity contribution in [3.05, 3.63) is 125 Å². The molecule has 7 heteroatoms. The summed E-state index contributed by atoms with van der Waals surface area (Å²) in [4.78, 5) is 2.06. The summed E-state index contributed by atoms with van der Waals surface area (Å²) < 4.78 is 41.9. The number of hydrogen-bond donors (Lipinski definition) is 2. The molecular weight excluding hydrogens is 455 g/mol. The second-order valence-electron chi connectivity index (χ2n) is 8.46. The number of aliphatic hydroxyl groups is 1. The minimum atomic E-state index is -4.89. The zero-order valence-electron chi connectivity index (χ0n) is 18.5. The highest BCUT2D eigenvalue weighted by Gasteiger charge is 2.46. The monoisotopic (exact) mass is 477 g/mol. The number of phenols is 1. The third-order valence-corrected chi connectivity index (χ3v) is 6.25. The van der Waals surface area contributed by atoms with E-state index in [0.29, 0.717) is 5.56 Å². The number of phenolic OH excluding ortho intramolecular Hbond substituents is 1. The first-order chi connectivity index (χ1) is 16.8. The Labute approximate surface area is 200 Å². The van der Waals surface area contributed by atoms with Gasteiger partial charge in [-0.2, -0.15) is 0 Å². The quantitative estimate of drug-likeness (QED) is 0.363. The molecule has 1 heterocycles. The van der Waals surface area contributed by atoms with Crippen molar-refractivity contribution in [2.24, 2.45) is 0 Å². The minimum absolute atomic E-state index is 0.0772. The Balaban J connectivity index is 1.61. The molecular formula is C28H22F3NO3. The number of anilines is 1. The lowest BCUT2D eigenvalue weighted by atomic mass is 9.87. The Hall–Kier alpha value is -3.97. The van der Waals surface area contributed by atoms with E-state index in [0.717, 1.165) is 28.9 Å². The molecule has 0 aromatic heterocycles. The molecule has 1 atom stereocenters. The largest absolute Gasteiger partial charge is 0.573 e. The fourth-order valence-electron chi connectivity index (χ4n) is 4.83. The SMILES string of the molecule is Oc1cc(OC(F)(F)F)ccc1C1(O)CN(C(c2ccccc2)c2ccccc2)c2ccccc21. The summed E-state index contributed by atoms with van der Waals surface area (Å²) in [6.07, 6.45) is -4.89. The van der Waals surface area contributed by atoms with E-state index in [9.17, 15) is 23.4 Å². The molecule has 5 rings (SSSR count). The van der Waals surface area contributed by atoms with Crippen LogP contribution < -0.4 is 9.64 Å². The van der Waals surface area contributed by atoms with Gasteiger partial charge in [0.2, 0.25) is 0 Å². The number of ether oxygens (including phenoxy) is 1. The molecule has 1 aliphatic heterocycles. The van der Waals surface area contributed by atoms with Crippen LogP contribution in [0.15, 0.2) is 103 Å². The number of fused-ring (bicyclic) bond motifs is 1. The van der Waals surface area contributed by atoms with Gasteiger partial charge in [0, 0.05) is 22.9 Å². The summed E-state index contributed by atoms with van der Waals surface area (Å²) in [6.45, 7) is 0.0772. The lowest BCUT2D eigenvalue weighted by molar-refractivity contribution is -0.274. The Bertz CT molecular complexity index is 1290. The van der Waals surface area contributed by atoms with Crippen molar-refractivity contribution >= 4 is 5.69 Å². The Morgan fingerprint density at radius 1 is 0.771 bits per heavy atom. The molecule has 0 spiro atoms. The number of aromatic hydroxyl groups is 1. The van der Waals surface area contributed by atoms with Crippen LogP contribution in [0.5, 0.6) is 11.5 Å². The molecule has 0 saturated heterocycles. The molecule has 0 radical (unpaired) electrons. The molecule has 4 aromatic carbocycles. The van der Waals surface area contributed by atoms with Gasteiger partial charge in [-0.1, -0.05) is 78.9 Å². The summed E-state index contributed by atoms with van der Waals surface area (Å²) in [6, 6.07) is 30.0. The zero-order valence-corrected chi connectivity index (χ0v) is 18.5. The molecule has 4 nitrogen and oxygen atoms in total. The van der Waals surface area contributed by atoms with Gasteiger partial charge in [0.15, 0.2) is 0 Å². The first-order valence-corrected chi connectivity index (χ1v) is 11.0. The van der Waals surface area contributed by atoms with Crippen LogP contribution in [0, 0.1) is 0 Å². The van der Waals surface area contributed by atoms with Gasteiger partial charge in [-0.3, -0.25) is 0 Å². The standard InChI is InChI=1S/C28H22F3NO3/c29-28(30,31)35-21-15-16-23(25(33)17-21)27(34)18-32(24-14-8-7-13-22(24)27)26(19-9-3-1-4-10-19)20-11-5-2-6-12-20/h1-17,26,33-34H,18H2. The lowest BCUT2D eigenvalue weighted by Gasteiger charge is -2.33. The van der Waals surface area contributed by atoms with E-state index in [2.05, 4.69) is 9.64 Å². The zero-order chi connectivity index (χ0) is 24.6. The molecule has 2 N–H and O–H groups in total. The fraction of sp³-hybridized carbons (Fsp3) is 0.143. The van der Waals surface area contributed by atoms with Crippen LogP contribution >= 0.6 is 0 Å². The van der Waals surface area contributed by atoms with Crippen LogP contribution in [-0.4, -0.2) is 23.1 Å². The van der Waals surface area contributed by atoms with E-state index >= 15 is 0 Å². The average molecular weight is 477 g/mol. The first-order valence-electron chi connectivity index (χ1n) is 11.0. The summed E-state index contributed by atoms with van der Waals surface area (Å²) in [5.74, 6) is -1.04. The highest BCUT2D eigenvalue weighted by atomic mass is 19.4.